The summed E-state index contributed by atoms with van der Waals surface area (Å²) in [4.78, 5) is 4.64. The molecule has 1 aromatic rings. The number of guanidine groups is 1. The molecule has 2 N–H and O–H groups in total. The van der Waals surface area contributed by atoms with Gasteiger partial charge in [0, 0.05) is 40.9 Å². The summed E-state index contributed by atoms with van der Waals surface area (Å²) in [6, 6.07) is 6.91. The van der Waals surface area contributed by atoms with Crippen LogP contribution in [0.25, 0.3) is 0 Å². The van der Waals surface area contributed by atoms with Crippen LogP contribution in [0.15, 0.2) is 29.3 Å². The van der Waals surface area contributed by atoms with Crippen molar-refractivity contribution in [3.8, 4) is 0 Å². The minimum Gasteiger partial charge on any atom is -0.357 e. The van der Waals surface area contributed by atoms with E-state index in [2.05, 4.69) is 15.6 Å². The van der Waals surface area contributed by atoms with Crippen molar-refractivity contribution in [2.24, 2.45) is 4.99 Å². The molecule has 2 rings (SSSR count). The first kappa shape index (κ1) is 19.9. The first-order chi connectivity index (χ1) is 12.1. The van der Waals surface area contributed by atoms with Crippen LogP contribution in [-0.2, 0) is 17.2 Å². The van der Waals surface area contributed by atoms with Gasteiger partial charge in [-0.15, -0.1) is 0 Å². The van der Waals surface area contributed by atoms with E-state index in [0.717, 1.165) is 55.9 Å². The standard InChI is InChI=1S/C19H30FN3OS/c1-3-21-19(22-13-12-15-8-10-16(20)11-9-15)23-17-6-5-7-18(14-17)25(24)4-2/h8-11,17-18H,3-7,12-14H2,1-2H3,(H2,21,22,23). The number of rotatable bonds is 7. The molecule has 4 nitrogen and oxygen atoms in total. The van der Waals surface area contributed by atoms with E-state index in [1.54, 1.807) is 12.1 Å². The van der Waals surface area contributed by atoms with Gasteiger partial charge in [-0.25, -0.2) is 4.39 Å². The van der Waals surface area contributed by atoms with Gasteiger partial charge in [-0.2, -0.15) is 0 Å². The van der Waals surface area contributed by atoms with Crippen molar-refractivity contribution in [1.82, 2.24) is 10.6 Å². The molecule has 0 bridgehead atoms. The predicted octanol–water partition coefficient (Wildman–Crippen LogP) is 3.00. The van der Waals surface area contributed by atoms with E-state index in [9.17, 15) is 8.60 Å². The second-order valence-electron chi connectivity index (χ2n) is 6.44. The highest BCUT2D eigenvalue weighted by Crippen LogP contribution is 2.22. The minimum absolute atomic E-state index is 0.210. The lowest BCUT2D eigenvalue weighted by molar-refractivity contribution is 0.413. The van der Waals surface area contributed by atoms with Crippen molar-refractivity contribution in [2.75, 3.05) is 18.8 Å². The van der Waals surface area contributed by atoms with Gasteiger partial charge in [-0.1, -0.05) is 25.5 Å². The second-order valence-corrected chi connectivity index (χ2v) is 8.44. The molecule has 0 amide bonds. The van der Waals surface area contributed by atoms with Crippen LogP contribution >= 0.6 is 0 Å². The Bertz CT molecular complexity index is 577. The summed E-state index contributed by atoms with van der Waals surface area (Å²) < 4.78 is 25.0. The molecule has 0 aromatic heterocycles. The van der Waals surface area contributed by atoms with E-state index in [4.69, 9.17) is 0 Å². The van der Waals surface area contributed by atoms with Crippen molar-refractivity contribution < 1.29 is 8.60 Å². The minimum atomic E-state index is -0.716. The van der Waals surface area contributed by atoms with Gasteiger partial charge in [0.15, 0.2) is 5.96 Å². The van der Waals surface area contributed by atoms with Crippen molar-refractivity contribution in [3.63, 3.8) is 0 Å². The number of hydrogen-bond acceptors (Lipinski definition) is 2. The monoisotopic (exact) mass is 367 g/mol. The summed E-state index contributed by atoms with van der Waals surface area (Å²) in [7, 11) is -0.716. The number of nitrogens with zero attached hydrogens (tertiary/aromatic N) is 1. The average molecular weight is 368 g/mol. The Morgan fingerprint density at radius 2 is 2.04 bits per heavy atom. The molecule has 0 radical (unpaired) electrons. The smallest absolute Gasteiger partial charge is 0.191 e. The van der Waals surface area contributed by atoms with Crippen LogP contribution in [-0.4, -0.2) is 40.3 Å². The first-order valence-corrected chi connectivity index (χ1v) is 10.7. The van der Waals surface area contributed by atoms with Gasteiger partial charge in [0.25, 0.3) is 0 Å². The number of hydrogen-bond donors (Lipinski definition) is 2. The SMILES string of the molecule is CCNC(=NCCc1ccc(F)cc1)NC1CCCC(S(=O)CC)C1. The Morgan fingerprint density at radius 1 is 1.28 bits per heavy atom. The summed E-state index contributed by atoms with van der Waals surface area (Å²) in [5.74, 6) is 1.35. The quantitative estimate of drug-likeness (QED) is 0.575. The fourth-order valence-corrected chi connectivity index (χ4v) is 4.56. The maximum atomic E-state index is 12.9. The van der Waals surface area contributed by atoms with Crippen molar-refractivity contribution in [1.29, 1.82) is 0 Å². The lowest BCUT2D eigenvalue weighted by Gasteiger charge is -2.30. The van der Waals surface area contributed by atoms with Crippen LogP contribution in [0.5, 0.6) is 0 Å². The first-order valence-electron chi connectivity index (χ1n) is 9.28. The zero-order valence-corrected chi connectivity index (χ0v) is 16.1. The van der Waals surface area contributed by atoms with Crippen molar-refractivity contribution in [3.05, 3.63) is 35.6 Å². The third-order valence-corrected chi connectivity index (χ3v) is 6.29. The summed E-state index contributed by atoms with van der Waals surface area (Å²) in [6.45, 7) is 5.50. The molecule has 0 spiro atoms. The topological polar surface area (TPSA) is 53.5 Å². The highest BCUT2D eigenvalue weighted by atomic mass is 32.2. The maximum absolute atomic E-state index is 12.9. The van der Waals surface area contributed by atoms with E-state index in [1.807, 2.05) is 13.8 Å². The normalized spacial score (nSPS) is 22.4. The molecule has 0 saturated heterocycles. The highest BCUT2D eigenvalue weighted by Gasteiger charge is 2.25. The fourth-order valence-electron chi connectivity index (χ4n) is 3.21. The largest absolute Gasteiger partial charge is 0.357 e. The van der Waals surface area contributed by atoms with Gasteiger partial charge < -0.3 is 10.6 Å². The molecule has 1 saturated carbocycles. The van der Waals surface area contributed by atoms with Crippen LogP contribution in [0.3, 0.4) is 0 Å². The molecule has 1 aromatic carbocycles. The molecule has 0 aliphatic heterocycles. The van der Waals surface area contributed by atoms with E-state index >= 15 is 0 Å². The molecule has 6 heteroatoms. The van der Waals surface area contributed by atoms with Gasteiger partial charge in [0.1, 0.15) is 5.82 Å². The lowest BCUT2D eigenvalue weighted by atomic mass is 9.95. The van der Waals surface area contributed by atoms with E-state index in [-0.39, 0.29) is 5.82 Å². The Kier molecular flexibility index (Phi) is 8.38. The molecule has 1 fully saturated rings. The van der Waals surface area contributed by atoms with E-state index < -0.39 is 10.8 Å². The molecule has 0 heterocycles. The van der Waals surface area contributed by atoms with Crippen LogP contribution < -0.4 is 10.6 Å². The summed E-state index contributed by atoms with van der Waals surface area (Å²) in [5, 5.41) is 7.10. The van der Waals surface area contributed by atoms with Crippen LogP contribution in [0.4, 0.5) is 4.39 Å². The van der Waals surface area contributed by atoms with Gasteiger partial charge >= 0.3 is 0 Å². The third kappa shape index (κ3) is 6.77. The number of nitrogens with one attached hydrogen (secondary N) is 2. The van der Waals surface area contributed by atoms with Gasteiger partial charge in [-0.3, -0.25) is 9.20 Å². The molecule has 1 aliphatic rings. The van der Waals surface area contributed by atoms with Gasteiger partial charge in [0.05, 0.1) is 0 Å². The molecule has 1 aliphatic carbocycles. The van der Waals surface area contributed by atoms with Crippen LogP contribution in [0, 0.1) is 5.82 Å². The Labute approximate surface area is 153 Å². The highest BCUT2D eigenvalue weighted by molar-refractivity contribution is 7.85. The Balaban J connectivity index is 1.88. The summed E-state index contributed by atoms with van der Waals surface area (Å²) >= 11 is 0. The van der Waals surface area contributed by atoms with Gasteiger partial charge in [0.2, 0.25) is 0 Å². The Hall–Kier alpha value is -1.43. The molecular weight excluding hydrogens is 337 g/mol. The molecular formula is C19H30FN3OS. The third-order valence-electron chi connectivity index (χ3n) is 4.55. The molecule has 3 unspecified atom stereocenters. The molecule has 3 atom stereocenters. The zero-order chi connectivity index (χ0) is 18.1. The summed E-state index contributed by atoms with van der Waals surface area (Å²) in [5.41, 5.74) is 1.08. The lowest BCUT2D eigenvalue weighted by Crippen LogP contribution is -2.46. The zero-order valence-electron chi connectivity index (χ0n) is 15.3. The number of halogens is 1. The van der Waals surface area contributed by atoms with Crippen LogP contribution in [0.2, 0.25) is 0 Å². The fraction of sp³-hybridized carbons (Fsp3) is 0.632. The molecule has 25 heavy (non-hydrogen) atoms. The predicted molar refractivity (Wildman–Crippen MR) is 104 cm³/mol. The Morgan fingerprint density at radius 3 is 2.72 bits per heavy atom. The number of benzene rings is 1. The van der Waals surface area contributed by atoms with E-state index in [0.29, 0.717) is 17.8 Å². The van der Waals surface area contributed by atoms with Crippen LogP contribution in [0.1, 0.15) is 45.1 Å². The average Bonchev–Trinajstić information content (AvgIpc) is 2.63. The number of aliphatic imine (C=N–C) groups is 1. The van der Waals surface area contributed by atoms with Gasteiger partial charge in [-0.05, 0) is 50.3 Å². The molecule has 140 valence electrons. The maximum Gasteiger partial charge on any atom is 0.191 e. The van der Waals surface area contributed by atoms with E-state index in [1.165, 1.54) is 12.1 Å². The van der Waals surface area contributed by atoms with Crippen molar-refractivity contribution in [2.45, 2.75) is 57.2 Å². The van der Waals surface area contributed by atoms with Crippen molar-refractivity contribution >= 4 is 16.8 Å². The second kappa shape index (κ2) is 10.5. The summed E-state index contributed by atoms with van der Waals surface area (Å²) in [6.07, 6.45) is 5.01.